The SMILES string of the molecule is Cc1ccc(C)c(NC(=O)c2nnn(CC(=O)Nc3ccccc3Cl)c2C)c1. The van der Waals surface area contributed by atoms with Gasteiger partial charge in [0.25, 0.3) is 5.91 Å². The third-order valence-corrected chi connectivity index (χ3v) is 4.61. The molecule has 28 heavy (non-hydrogen) atoms. The Balaban J connectivity index is 1.71. The second kappa shape index (κ2) is 8.22. The van der Waals surface area contributed by atoms with Gasteiger partial charge < -0.3 is 10.6 Å². The molecule has 2 aromatic carbocycles. The highest BCUT2D eigenvalue weighted by Crippen LogP contribution is 2.21. The van der Waals surface area contributed by atoms with Crippen LogP contribution in [0.2, 0.25) is 5.02 Å². The maximum absolute atomic E-state index is 12.6. The van der Waals surface area contributed by atoms with Crippen LogP contribution in [0.3, 0.4) is 0 Å². The van der Waals surface area contributed by atoms with Crippen molar-refractivity contribution in [2.24, 2.45) is 0 Å². The topological polar surface area (TPSA) is 88.9 Å². The molecule has 0 saturated carbocycles. The maximum atomic E-state index is 12.6. The summed E-state index contributed by atoms with van der Waals surface area (Å²) in [5.74, 6) is -0.688. The van der Waals surface area contributed by atoms with Crippen LogP contribution in [0.25, 0.3) is 0 Å². The molecule has 0 spiro atoms. The molecule has 0 atom stereocenters. The summed E-state index contributed by atoms with van der Waals surface area (Å²) >= 11 is 6.05. The molecule has 1 heterocycles. The summed E-state index contributed by atoms with van der Waals surface area (Å²) in [4.78, 5) is 24.9. The predicted molar refractivity (Wildman–Crippen MR) is 109 cm³/mol. The molecule has 2 amide bonds. The quantitative estimate of drug-likeness (QED) is 0.686. The van der Waals surface area contributed by atoms with Crippen LogP contribution in [-0.4, -0.2) is 26.8 Å². The minimum atomic E-state index is -0.371. The van der Waals surface area contributed by atoms with Gasteiger partial charge in [0.05, 0.1) is 16.4 Å². The van der Waals surface area contributed by atoms with Crippen LogP contribution in [0.4, 0.5) is 11.4 Å². The van der Waals surface area contributed by atoms with Gasteiger partial charge in [-0.1, -0.05) is 41.1 Å². The predicted octanol–water partition coefficient (Wildman–Crippen LogP) is 3.75. The number of benzene rings is 2. The summed E-state index contributed by atoms with van der Waals surface area (Å²) in [6, 6.07) is 12.8. The second-order valence-electron chi connectivity index (χ2n) is 6.48. The number of halogens is 1. The first-order valence-corrected chi connectivity index (χ1v) is 9.06. The van der Waals surface area contributed by atoms with Gasteiger partial charge >= 0.3 is 0 Å². The number of hydrogen-bond donors (Lipinski definition) is 2. The van der Waals surface area contributed by atoms with Crippen molar-refractivity contribution in [2.75, 3.05) is 10.6 Å². The van der Waals surface area contributed by atoms with E-state index < -0.39 is 0 Å². The number of rotatable bonds is 5. The number of aromatic nitrogens is 3. The normalized spacial score (nSPS) is 10.6. The van der Waals surface area contributed by atoms with Gasteiger partial charge in [-0.15, -0.1) is 5.10 Å². The molecule has 0 unspecified atom stereocenters. The lowest BCUT2D eigenvalue weighted by Gasteiger charge is -2.09. The highest BCUT2D eigenvalue weighted by atomic mass is 35.5. The van der Waals surface area contributed by atoms with E-state index in [2.05, 4.69) is 20.9 Å². The Labute approximate surface area is 167 Å². The van der Waals surface area contributed by atoms with Crippen LogP contribution in [0.5, 0.6) is 0 Å². The molecule has 3 aromatic rings. The van der Waals surface area contributed by atoms with Crippen LogP contribution in [-0.2, 0) is 11.3 Å². The molecule has 0 radical (unpaired) electrons. The van der Waals surface area contributed by atoms with Gasteiger partial charge in [-0.25, -0.2) is 4.68 Å². The van der Waals surface area contributed by atoms with Crippen molar-refractivity contribution in [1.29, 1.82) is 0 Å². The molecular formula is C20H20ClN5O2. The van der Waals surface area contributed by atoms with Crippen molar-refractivity contribution in [3.05, 3.63) is 70.0 Å². The molecule has 0 fully saturated rings. The van der Waals surface area contributed by atoms with Gasteiger partial charge in [0.2, 0.25) is 5.91 Å². The monoisotopic (exact) mass is 397 g/mol. The summed E-state index contributed by atoms with van der Waals surface area (Å²) < 4.78 is 1.38. The fourth-order valence-electron chi connectivity index (χ4n) is 2.66. The van der Waals surface area contributed by atoms with Crippen LogP contribution < -0.4 is 10.6 Å². The highest BCUT2D eigenvalue weighted by molar-refractivity contribution is 6.33. The molecule has 144 valence electrons. The number of anilines is 2. The van der Waals surface area contributed by atoms with Crippen molar-refractivity contribution in [3.63, 3.8) is 0 Å². The molecular weight excluding hydrogens is 378 g/mol. The van der Waals surface area contributed by atoms with E-state index in [1.165, 1.54) is 4.68 Å². The average Bonchev–Trinajstić information content (AvgIpc) is 3.00. The zero-order valence-electron chi connectivity index (χ0n) is 15.8. The molecule has 0 aliphatic carbocycles. The fourth-order valence-corrected chi connectivity index (χ4v) is 2.84. The van der Waals surface area contributed by atoms with E-state index in [1.54, 1.807) is 31.2 Å². The Hall–Kier alpha value is -3.19. The number of hydrogen-bond acceptors (Lipinski definition) is 4. The largest absolute Gasteiger partial charge is 0.323 e. The van der Waals surface area contributed by atoms with Gasteiger partial charge in [0, 0.05) is 5.69 Å². The van der Waals surface area contributed by atoms with Crippen molar-refractivity contribution < 1.29 is 9.59 Å². The lowest BCUT2D eigenvalue weighted by Crippen LogP contribution is -2.21. The summed E-state index contributed by atoms with van der Waals surface area (Å²) in [5, 5.41) is 13.9. The van der Waals surface area contributed by atoms with Gasteiger partial charge in [0.15, 0.2) is 5.69 Å². The summed E-state index contributed by atoms with van der Waals surface area (Å²) in [6.45, 7) is 5.48. The smallest absolute Gasteiger partial charge is 0.278 e. The highest BCUT2D eigenvalue weighted by Gasteiger charge is 2.19. The Morgan fingerprint density at radius 3 is 2.54 bits per heavy atom. The molecule has 1 aromatic heterocycles. The van der Waals surface area contributed by atoms with Crippen molar-refractivity contribution in [3.8, 4) is 0 Å². The third-order valence-electron chi connectivity index (χ3n) is 4.28. The van der Waals surface area contributed by atoms with Gasteiger partial charge in [-0.2, -0.15) is 0 Å². The number of carbonyl (C=O) groups is 2. The summed E-state index contributed by atoms with van der Waals surface area (Å²) in [5.41, 5.74) is 3.89. The van der Waals surface area contributed by atoms with Crippen LogP contribution in [0, 0.1) is 20.8 Å². The molecule has 2 N–H and O–H groups in total. The molecule has 0 aliphatic heterocycles. The number of carbonyl (C=O) groups excluding carboxylic acids is 2. The zero-order chi connectivity index (χ0) is 20.3. The molecule has 0 saturated heterocycles. The molecule has 3 rings (SSSR count). The van der Waals surface area contributed by atoms with Crippen molar-refractivity contribution in [1.82, 2.24) is 15.0 Å². The minimum absolute atomic E-state index is 0.0825. The first kappa shape index (κ1) is 19.6. The van der Waals surface area contributed by atoms with Crippen molar-refractivity contribution >= 4 is 34.8 Å². The zero-order valence-corrected chi connectivity index (χ0v) is 16.5. The molecule has 0 aliphatic rings. The average molecular weight is 398 g/mol. The van der Waals surface area contributed by atoms with Gasteiger partial charge in [-0.05, 0) is 50.1 Å². The van der Waals surface area contributed by atoms with E-state index in [0.717, 1.165) is 16.8 Å². The van der Waals surface area contributed by atoms with E-state index in [-0.39, 0.29) is 24.1 Å². The number of amides is 2. The number of para-hydroxylation sites is 1. The number of aryl methyl sites for hydroxylation is 2. The fraction of sp³-hybridized carbons (Fsp3) is 0.200. The second-order valence-corrected chi connectivity index (χ2v) is 6.89. The minimum Gasteiger partial charge on any atom is -0.323 e. The Bertz CT molecular complexity index is 1040. The Kier molecular flexibility index (Phi) is 5.75. The van der Waals surface area contributed by atoms with Gasteiger partial charge in [-0.3, -0.25) is 9.59 Å². The molecule has 0 bridgehead atoms. The van der Waals surface area contributed by atoms with E-state index >= 15 is 0 Å². The lowest BCUT2D eigenvalue weighted by molar-refractivity contribution is -0.117. The Morgan fingerprint density at radius 2 is 1.79 bits per heavy atom. The van der Waals surface area contributed by atoms with Gasteiger partial charge in [0.1, 0.15) is 6.54 Å². The van der Waals surface area contributed by atoms with E-state index in [1.807, 2.05) is 32.0 Å². The van der Waals surface area contributed by atoms with Crippen LogP contribution >= 0.6 is 11.6 Å². The van der Waals surface area contributed by atoms with E-state index in [0.29, 0.717) is 16.4 Å². The van der Waals surface area contributed by atoms with Crippen LogP contribution in [0.15, 0.2) is 42.5 Å². The Morgan fingerprint density at radius 1 is 1.04 bits per heavy atom. The van der Waals surface area contributed by atoms with E-state index in [4.69, 9.17) is 11.6 Å². The maximum Gasteiger partial charge on any atom is 0.278 e. The summed E-state index contributed by atoms with van der Waals surface area (Å²) in [6.07, 6.45) is 0. The van der Waals surface area contributed by atoms with Crippen molar-refractivity contribution in [2.45, 2.75) is 27.3 Å². The van der Waals surface area contributed by atoms with Crippen LogP contribution in [0.1, 0.15) is 27.3 Å². The first-order valence-electron chi connectivity index (χ1n) is 8.68. The summed E-state index contributed by atoms with van der Waals surface area (Å²) in [7, 11) is 0. The molecule has 8 heteroatoms. The number of nitrogens with zero attached hydrogens (tertiary/aromatic N) is 3. The van der Waals surface area contributed by atoms with E-state index in [9.17, 15) is 9.59 Å². The first-order chi connectivity index (χ1) is 13.3. The standard InChI is InChI=1S/C20H20ClN5O2/c1-12-8-9-13(2)17(10-12)23-20(28)19-14(3)26(25-24-19)11-18(27)22-16-7-5-4-6-15(16)21/h4-10H,11H2,1-3H3,(H,22,27)(H,23,28). The lowest BCUT2D eigenvalue weighted by atomic mass is 10.1. The number of nitrogens with one attached hydrogen (secondary N) is 2. The molecule has 7 nitrogen and oxygen atoms in total. The third kappa shape index (κ3) is 4.37.